The Labute approximate surface area is 105 Å². The average Bonchev–Trinajstić information content (AvgIpc) is 2.35. The van der Waals surface area contributed by atoms with Gasteiger partial charge in [-0.1, -0.05) is 0 Å². The first-order chi connectivity index (χ1) is 8.67. The summed E-state index contributed by atoms with van der Waals surface area (Å²) >= 11 is 0. The Bertz CT molecular complexity index is 399. The van der Waals surface area contributed by atoms with Gasteiger partial charge in [-0.25, -0.2) is 9.18 Å². The quantitative estimate of drug-likeness (QED) is 0.765. The summed E-state index contributed by atoms with van der Waals surface area (Å²) in [6.45, 7) is 1.08. The van der Waals surface area contributed by atoms with Crippen LogP contribution in [0.25, 0.3) is 0 Å². The lowest BCUT2D eigenvalue weighted by atomic mass is 10.3. The summed E-state index contributed by atoms with van der Waals surface area (Å²) in [5, 5.41) is 5.15. The molecule has 0 spiro atoms. The molecule has 0 fully saturated rings. The first-order valence-electron chi connectivity index (χ1n) is 5.54. The zero-order valence-corrected chi connectivity index (χ0v) is 10.5. The maximum Gasteiger partial charge on any atom is 0.319 e. The van der Waals surface area contributed by atoms with Crippen molar-refractivity contribution >= 4 is 11.7 Å². The number of rotatable bonds is 6. The molecule has 0 unspecified atom stereocenters. The maximum atomic E-state index is 13.3. The van der Waals surface area contributed by atoms with E-state index in [2.05, 4.69) is 10.6 Å². The van der Waals surface area contributed by atoms with Crippen LogP contribution in [0.3, 0.4) is 0 Å². The average molecular weight is 256 g/mol. The summed E-state index contributed by atoms with van der Waals surface area (Å²) < 4.78 is 23.0. The van der Waals surface area contributed by atoms with Crippen molar-refractivity contribution in [1.29, 1.82) is 0 Å². The molecule has 1 aromatic rings. The highest BCUT2D eigenvalue weighted by molar-refractivity contribution is 5.89. The first-order valence-corrected chi connectivity index (χ1v) is 5.54. The molecule has 18 heavy (non-hydrogen) atoms. The van der Waals surface area contributed by atoms with E-state index in [4.69, 9.17) is 9.47 Å². The number of hydrogen-bond donors (Lipinski definition) is 2. The molecule has 0 saturated heterocycles. The molecule has 0 aliphatic carbocycles. The van der Waals surface area contributed by atoms with Crippen LogP contribution >= 0.6 is 0 Å². The second-order valence-corrected chi connectivity index (χ2v) is 3.58. The van der Waals surface area contributed by atoms with Gasteiger partial charge in [0, 0.05) is 32.0 Å². The van der Waals surface area contributed by atoms with Crippen LogP contribution in [0.15, 0.2) is 18.2 Å². The minimum Gasteiger partial charge on any atom is -0.494 e. The number of ether oxygens (including phenoxy) is 2. The lowest BCUT2D eigenvalue weighted by molar-refractivity contribution is 0.194. The van der Waals surface area contributed by atoms with Crippen molar-refractivity contribution in [2.75, 3.05) is 32.7 Å². The van der Waals surface area contributed by atoms with Crippen molar-refractivity contribution < 1.29 is 18.7 Å². The number of amides is 2. The lowest BCUT2D eigenvalue weighted by Gasteiger charge is -2.08. The van der Waals surface area contributed by atoms with Crippen LogP contribution in [0.2, 0.25) is 0 Å². The molecule has 0 radical (unpaired) electrons. The van der Waals surface area contributed by atoms with Crippen LogP contribution in [-0.2, 0) is 4.74 Å². The Morgan fingerprint density at radius 2 is 2.17 bits per heavy atom. The fourth-order valence-corrected chi connectivity index (χ4v) is 1.34. The predicted octanol–water partition coefficient (Wildman–Crippen LogP) is 1.99. The van der Waals surface area contributed by atoms with Crippen LogP contribution in [-0.4, -0.2) is 33.4 Å². The molecular weight excluding hydrogens is 239 g/mol. The molecule has 1 aromatic carbocycles. The SMILES string of the molecule is COCCCNC(=O)Nc1ccc(OC)c(F)c1. The standard InChI is InChI=1S/C12H17FN2O3/c1-17-7-3-6-14-12(16)15-9-4-5-11(18-2)10(13)8-9/h4-5,8H,3,6-7H2,1-2H3,(H2,14,15,16). The molecule has 0 aliphatic heterocycles. The number of anilines is 1. The van der Waals surface area contributed by atoms with Crippen molar-refractivity contribution in [2.45, 2.75) is 6.42 Å². The third-order valence-corrected chi connectivity index (χ3v) is 2.22. The summed E-state index contributed by atoms with van der Waals surface area (Å²) in [5.74, 6) is -0.379. The van der Waals surface area contributed by atoms with E-state index < -0.39 is 5.82 Å². The highest BCUT2D eigenvalue weighted by Gasteiger charge is 2.05. The van der Waals surface area contributed by atoms with Gasteiger partial charge in [-0.2, -0.15) is 0 Å². The van der Waals surface area contributed by atoms with Crippen molar-refractivity contribution in [3.8, 4) is 5.75 Å². The number of carbonyl (C=O) groups excluding carboxylic acids is 1. The Morgan fingerprint density at radius 1 is 1.39 bits per heavy atom. The van der Waals surface area contributed by atoms with E-state index >= 15 is 0 Å². The number of carbonyl (C=O) groups is 1. The van der Waals surface area contributed by atoms with E-state index in [1.54, 1.807) is 13.2 Å². The minimum absolute atomic E-state index is 0.140. The van der Waals surface area contributed by atoms with E-state index in [0.29, 0.717) is 18.8 Å². The Balaban J connectivity index is 2.42. The molecule has 2 N–H and O–H groups in total. The molecule has 1 rings (SSSR count). The summed E-state index contributed by atoms with van der Waals surface area (Å²) in [6.07, 6.45) is 0.723. The van der Waals surface area contributed by atoms with Crippen LogP contribution in [0.5, 0.6) is 5.75 Å². The second-order valence-electron chi connectivity index (χ2n) is 3.58. The monoisotopic (exact) mass is 256 g/mol. The van der Waals surface area contributed by atoms with E-state index in [1.807, 2.05) is 0 Å². The molecule has 0 heterocycles. The van der Waals surface area contributed by atoms with Crippen LogP contribution < -0.4 is 15.4 Å². The van der Waals surface area contributed by atoms with Gasteiger partial charge < -0.3 is 20.1 Å². The van der Waals surface area contributed by atoms with Gasteiger partial charge in [0.15, 0.2) is 11.6 Å². The molecule has 5 nitrogen and oxygen atoms in total. The van der Waals surface area contributed by atoms with Crippen LogP contribution in [0, 0.1) is 5.82 Å². The second kappa shape index (κ2) is 7.50. The summed E-state index contributed by atoms with van der Waals surface area (Å²) in [6, 6.07) is 3.84. The van der Waals surface area contributed by atoms with E-state index in [9.17, 15) is 9.18 Å². The van der Waals surface area contributed by atoms with Gasteiger partial charge >= 0.3 is 6.03 Å². The molecule has 0 atom stereocenters. The molecule has 6 heteroatoms. The number of hydrogen-bond acceptors (Lipinski definition) is 3. The van der Waals surface area contributed by atoms with Crippen molar-refractivity contribution in [2.24, 2.45) is 0 Å². The topological polar surface area (TPSA) is 59.6 Å². The molecular formula is C12H17FN2O3. The van der Waals surface area contributed by atoms with E-state index in [0.717, 1.165) is 6.42 Å². The Hall–Kier alpha value is -1.82. The molecule has 0 saturated carbocycles. The van der Waals surface area contributed by atoms with Crippen molar-refractivity contribution in [1.82, 2.24) is 5.32 Å². The van der Waals surface area contributed by atoms with E-state index in [-0.39, 0.29) is 11.8 Å². The number of nitrogens with one attached hydrogen (secondary N) is 2. The zero-order valence-electron chi connectivity index (χ0n) is 10.5. The predicted molar refractivity (Wildman–Crippen MR) is 66.5 cm³/mol. The smallest absolute Gasteiger partial charge is 0.319 e. The van der Waals surface area contributed by atoms with E-state index in [1.165, 1.54) is 19.2 Å². The fraction of sp³-hybridized carbons (Fsp3) is 0.417. The van der Waals surface area contributed by atoms with Crippen molar-refractivity contribution in [3.05, 3.63) is 24.0 Å². The minimum atomic E-state index is -0.519. The number of halogens is 1. The van der Waals surface area contributed by atoms with Gasteiger partial charge in [-0.15, -0.1) is 0 Å². The zero-order chi connectivity index (χ0) is 13.4. The Morgan fingerprint density at radius 3 is 2.78 bits per heavy atom. The fourth-order valence-electron chi connectivity index (χ4n) is 1.34. The molecule has 0 bridgehead atoms. The van der Waals surface area contributed by atoms with Gasteiger partial charge in [0.1, 0.15) is 0 Å². The summed E-state index contributed by atoms with van der Waals surface area (Å²) in [5.41, 5.74) is 0.373. The Kier molecular flexibility index (Phi) is 5.93. The third-order valence-electron chi connectivity index (χ3n) is 2.22. The van der Waals surface area contributed by atoms with Gasteiger partial charge in [0.05, 0.1) is 7.11 Å². The molecule has 0 aliphatic rings. The lowest BCUT2D eigenvalue weighted by Crippen LogP contribution is -2.30. The van der Waals surface area contributed by atoms with Gasteiger partial charge in [-0.3, -0.25) is 0 Å². The highest BCUT2D eigenvalue weighted by atomic mass is 19.1. The molecule has 100 valence electrons. The largest absolute Gasteiger partial charge is 0.494 e. The first kappa shape index (κ1) is 14.2. The molecule has 0 aromatic heterocycles. The van der Waals surface area contributed by atoms with Crippen LogP contribution in [0.4, 0.5) is 14.9 Å². The maximum absolute atomic E-state index is 13.3. The summed E-state index contributed by atoms with van der Waals surface area (Å²) in [4.78, 5) is 11.4. The van der Waals surface area contributed by atoms with Gasteiger partial charge in [-0.05, 0) is 18.6 Å². The number of methoxy groups -OCH3 is 2. The van der Waals surface area contributed by atoms with Gasteiger partial charge in [0.25, 0.3) is 0 Å². The summed E-state index contributed by atoms with van der Waals surface area (Å²) in [7, 11) is 2.98. The molecule has 2 amide bonds. The normalized spacial score (nSPS) is 9.94. The van der Waals surface area contributed by atoms with Crippen molar-refractivity contribution in [3.63, 3.8) is 0 Å². The number of urea groups is 1. The highest BCUT2D eigenvalue weighted by Crippen LogP contribution is 2.20. The third kappa shape index (κ3) is 4.58. The van der Waals surface area contributed by atoms with Crippen LogP contribution in [0.1, 0.15) is 6.42 Å². The van der Waals surface area contributed by atoms with Gasteiger partial charge in [0.2, 0.25) is 0 Å². The number of benzene rings is 1.